The predicted molar refractivity (Wildman–Crippen MR) is 134 cm³/mol. The molecule has 1 aromatic heterocycles. The van der Waals surface area contributed by atoms with Gasteiger partial charge in [0.2, 0.25) is 12.6 Å². The van der Waals surface area contributed by atoms with Crippen molar-refractivity contribution < 1.29 is 23.2 Å². The molecule has 1 atom stereocenters. The van der Waals surface area contributed by atoms with Crippen LogP contribution in [0.4, 0.5) is 14.9 Å². The predicted octanol–water partition coefficient (Wildman–Crippen LogP) is 5.87. The van der Waals surface area contributed by atoms with Gasteiger partial charge in [-0.25, -0.2) is 9.18 Å². The number of benzene rings is 3. The standard InChI is InChI=1S/C28H23FN4O4/c1-3-17-4-11-21(12-5-17)33-16(2)24(25(30-28(33)34)18-6-9-20(29)10-7-18)27-31-26(32-37-27)19-8-13-22-23(14-19)36-15-35-22/h4-14,25H,3,15H2,1-2H3,(H,30,34). The van der Waals surface area contributed by atoms with E-state index < -0.39 is 6.04 Å². The molecule has 2 amide bonds. The molecule has 37 heavy (non-hydrogen) atoms. The molecule has 9 heteroatoms. The molecule has 4 aromatic rings. The molecular formula is C28H23FN4O4. The molecule has 0 aliphatic carbocycles. The molecule has 186 valence electrons. The molecule has 1 unspecified atom stereocenters. The minimum atomic E-state index is -0.621. The number of hydrogen-bond acceptors (Lipinski definition) is 6. The summed E-state index contributed by atoms with van der Waals surface area (Å²) in [5, 5.41) is 7.23. The highest BCUT2D eigenvalue weighted by atomic mass is 19.1. The van der Waals surface area contributed by atoms with Crippen LogP contribution in [0.15, 0.2) is 77.0 Å². The van der Waals surface area contributed by atoms with Gasteiger partial charge in [0.1, 0.15) is 5.82 Å². The van der Waals surface area contributed by atoms with Crippen molar-refractivity contribution in [1.82, 2.24) is 15.5 Å². The number of carbonyl (C=O) groups is 1. The summed E-state index contributed by atoms with van der Waals surface area (Å²) in [6.45, 7) is 4.08. The summed E-state index contributed by atoms with van der Waals surface area (Å²) in [6.07, 6.45) is 0.893. The van der Waals surface area contributed by atoms with Crippen LogP contribution >= 0.6 is 0 Å². The monoisotopic (exact) mass is 498 g/mol. The van der Waals surface area contributed by atoms with Crippen LogP contribution < -0.4 is 19.7 Å². The number of nitrogens with zero attached hydrogens (tertiary/aromatic N) is 3. The maximum absolute atomic E-state index is 13.7. The second kappa shape index (κ2) is 9.09. The molecule has 6 rings (SSSR count). The molecule has 0 saturated carbocycles. The van der Waals surface area contributed by atoms with Gasteiger partial charge in [0, 0.05) is 11.3 Å². The van der Waals surface area contributed by atoms with E-state index in [1.165, 1.54) is 12.1 Å². The van der Waals surface area contributed by atoms with Crippen molar-refractivity contribution >= 4 is 17.3 Å². The Hall–Kier alpha value is -4.66. The van der Waals surface area contributed by atoms with Gasteiger partial charge in [0.15, 0.2) is 11.5 Å². The largest absolute Gasteiger partial charge is 0.454 e. The summed E-state index contributed by atoms with van der Waals surface area (Å²) in [4.78, 5) is 19.6. The van der Waals surface area contributed by atoms with Gasteiger partial charge in [-0.2, -0.15) is 4.98 Å². The lowest BCUT2D eigenvalue weighted by Crippen LogP contribution is -2.46. The SMILES string of the molecule is CCc1ccc(N2C(=O)NC(c3ccc(F)cc3)C(c3nc(-c4ccc5c(c4)OCO5)no3)=C2C)cc1. The molecule has 2 aliphatic rings. The first-order valence-electron chi connectivity index (χ1n) is 11.9. The molecule has 0 spiro atoms. The highest BCUT2D eigenvalue weighted by Gasteiger charge is 2.36. The minimum absolute atomic E-state index is 0.163. The van der Waals surface area contributed by atoms with E-state index in [0.717, 1.165) is 12.0 Å². The van der Waals surface area contributed by atoms with Crippen LogP contribution in [-0.4, -0.2) is 23.0 Å². The zero-order valence-corrected chi connectivity index (χ0v) is 20.2. The summed E-state index contributed by atoms with van der Waals surface area (Å²) in [5.74, 6) is 1.50. The molecule has 3 heterocycles. The number of allylic oxidation sites excluding steroid dienone is 1. The fraction of sp³-hybridized carbons (Fsp3) is 0.179. The number of aromatic nitrogens is 2. The van der Waals surface area contributed by atoms with Gasteiger partial charge >= 0.3 is 6.03 Å². The molecule has 0 radical (unpaired) electrons. The fourth-order valence-electron chi connectivity index (χ4n) is 4.60. The molecule has 8 nitrogen and oxygen atoms in total. The summed E-state index contributed by atoms with van der Waals surface area (Å²) >= 11 is 0. The zero-order chi connectivity index (χ0) is 25.5. The minimum Gasteiger partial charge on any atom is -0.454 e. The molecule has 2 aliphatic heterocycles. The van der Waals surface area contributed by atoms with Crippen LogP contribution in [-0.2, 0) is 6.42 Å². The Morgan fingerprint density at radius 2 is 1.78 bits per heavy atom. The zero-order valence-electron chi connectivity index (χ0n) is 20.2. The Morgan fingerprint density at radius 3 is 2.54 bits per heavy atom. The van der Waals surface area contributed by atoms with Gasteiger partial charge < -0.3 is 19.3 Å². The first-order chi connectivity index (χ1) is 18.0. The Kier molecular flexibility index (Phi) is 5.60. The highest BCUT2D eigenvalue weighted by Crippen LogP contribution is 2.40. The first-order valence-corrected chi connectivity index (χ1v) is 11.9. The average molecular weight is 499 g/mol. The Balaban J connectivity index is 1.45. The number of aryl methyl sites for hydroxylation is 1. The smallest absolute Gasteiger partial charge is 0.326 e. The Bertz CT molecular complexity index is 1510. The van der Waals surface area contributed by atoms with Gasteiger partial charge in [-0.05, 0) is 66.9 Å². The van der Waals surface area contributed by atoms with E-state index in [0.29, 0.717) is 45.4 Å². The third-order valence-electron chi connectivity index (χ3n) is 6.58. The number of ether oxygens (including phenoxy) is 2. The van der Waals surface area contributed by atoms with Gasteiger partial charge in [-0.1, -0.05) is 36.3 Å². The Morgan fingerprint density at radius 1 is 1.03 bits per heavy atom. The van der Waals surface area contributed by atoms with Crippen LogP contribution in [0.1, 0.15) is 36.9 Å². The second-order valence-electron chi connectivity index (χ2n) is 8.78. The first kappa shape index (κ1) is 22.8. The lowest BCUT2D eigenvalue weighted by atomic mass is 9.94. The molecular weight excluding hydrogens is 475 g/mol. The van der Waals surface area contributed by atoms with E-state index in [4.69, 9.17) is 14.0 Å². The summed E-state index contributed by atoms with van der Waals surface area (Å²) < 4.78 is 30.3. The van der Waals surface area contributed by atoms with Crippen molar-refractivity contribution in [2.24, 2.45) is 0 Å². The van der Waals surface area contributed by atoms with Crippen molar-refractivity contribution in [2.75, 3.05) is 11.7 Å². The van der Waals surface area contributed by atoms with E-state index in [2.05, 4.69) is 22.4 Å². The quantitative estimate of drug-likeness (QED) is 0.370. The third kappa shape index (κ3) is 4.08. The lowest BCUT2D eigenvalue weighted by molar-refractivity contribution is 0.174. The van der Waals surface area contributed by atoms with Gasteiger partial charge in [0.25, 0.3) is 5.89 Å². The molecule has 3 aromatic carbocycles. The van der Waals surface area contributed by atoms with Crippen LogP contribution in [0.2, 0.25) is 0 Å². The van der Waals surface area contributed by atoms with E-state index in [9.17, 15) is 9.18 Å². The maximum atomic E-state index is 13.7. The van der Waals surface area contributed by atoms with E-state index in [-0.39, 0.29) is 24.5 Å². The number of anilines is 1. The lowest BCUT2D eigenvalue weighted by Gasteiger charge is -2.35. The third-order valence-corrected chi connectivity index (χ3v) is 6.58. The van der Waals surface area contributed by atoms with Crippen molar-refractivity contribution in [2.45, 2.75) is 26.3 Å². The fourth-order valence-corrected chi connectivity index (χ4v) is 4.60. The maximum Gasteiger partial charge on any atom is 0.326 e. The van der Waals surface area contributed by atoms with Crippen LogP contribution in [0, 0.1) is 5.82 Å². The van der Waals surface area contributed by atoms with Crippen LogP contribution in [0.25, 0.3) is 17.0 Å². The number of halogens is 1. The van der Waals surface area contributed by atoms with E-state index >= 15 is 0 Å². The molecule has 0 saturated heterocycles. The van der Waals surface area contributed by atoms with Gasteiger partial charge in [0.05, 0.1) is 17.3 Å². The van der Waals surface area contributed by atoms with Gasteiger partial charge in [-0.15, -0.1) is 0 Å². The highest BCUT2D eigenvalue weighted by molar-refractivity contribution is 6.01. The molecule has 0 bridgehead atoms. The Labute approximate surface area is 212 Å². The van der Waals surface area contributed by atoms with Crippen LogP contribution in [0.3, 0.4) is 0 Å². The number of fused-ring (bicyclic) bond motifs is 1. The van der Waals surface area contributed by atoms with Crippen LogP contribution in [0.5, 0.6) is 11.5 Å². The number of nitrogens with one attached hydrogen (secondary N) is 1. The number of hydrogen-bond donors (Lipinski definition) is 1. The molecule has 1 N–H and O–H groups in total. The van der Waals surface area contributed by atoms with E-state index in [1.54, 1.807) is 29.2 Å². The van der Waals surface area contributed by atoms with Gasteiger partial charge in [-0.3, -0.25) is 4.90 Å². The summed E-state index contributed by atoms with van der Waals surface area (Å²) in [5.41, 5.74) is 4.50. The van der Waals surface area contributed by atoms with Crippen molar-refractivity contribution in [1.29, 1.82) is 0 Å². The molecule has 0 fully saturated rings. The topological polar surface area (TPSA) is 89.7 Å². The van der Waals surface area contributed by atoms with Crippen molar-refractivity contribution in [3.05, 3.63) is 95.3 Å². The average Bonchev–Trinajstić information content (AvgIpc) is 3.59. The number of carbonyl (C=O) groups excluding carboxylic acids is 1. The number of urea groups is 1. The summed E-state index contributed by atoms with van der Waals surface area (Å²) in [7, 11) is 0. The summed E-state index contributed by atoms with van der Waals surface area (Å²) in [6, 6.07) is 18.3. The normalized spacial score (nSPS) is 16.8. The second-order valence-corrected chi connectivity index (χ2v) is 8.78. The number of amides is 2. The number of rotatable bonds is 5. The van der Waals surface area contributed by atoms with E-state index in [1.807, 2.05) is 37.3 Å². The van der Waals surface area contributed by atoms with Crippen molar-refractivity contribution in [3.63, 3.8) is 0 Å². The van der Waals surface area contributed by atoms with Crippen molar-refractivity contribution in [3.8, 4) is 22.9 Å².